The lowest BCUT2D eigenvalue weighted by Gasteiger charge is -2.12. The van der Waals surface area contributed by atoms with Gasteiger partial charge in [-0.15, -0.1) is 0 Å². The highest BCUT2D eigenvalue weighted by molar-refractivity contribution is 6.35. The summed E-state index contributed by atoms with van der Waals surface area (Å²) in [6.45, 7) is 0. The number of aryl methyl sites for hydroxylation is 1. The Bertz CT molecular complexity index is 701. The molecule has 0 saturated carbocycles. The largest absolute Gasteiger partial charge is 0.493 e. The van der Waals surface area contributed by atoms with Crippen LogP contribution in [0.4, 0.5) is 0 Å². The smallest absolute Gasteiger partial charge is 0.311 e. The standard InChI is InChI=1S/C17H16Cl2O4/c1-21-15-5-3-4-11(17(15)22-2)6-9-16(20)23-14-8-7-12(18)10-13(14)19/h3-5,7-8,10H,6,9H2,1-2H3. The molecule has 0 saturated heterocycles. The molecule has 0 N–H and O–H groups in total. The zero-order chi connectivity index (χ0) is 16.8. The molecular weight excluding hydrogens is 339 g/mol. The van der Waals surface area contributed by atoms with Crippen LogP contribution in [0, 0.1) is 0 Å². The van der Waals surface area contributed by atoms with E-state index in [-0.39, 0.29) is 12.4 Å². The fourth-order valence-corrected chi connectivity index (χ4v) is 2.57. The molecule has 0 unspecified atom stereocenters. The number of benzene rings is 2. The topological polar surface area (TPSA) is 44.8 Å². The maximum absolute atomic E-state index is 12.0. The summed E-state index contributed by atoms with van der Waals surface area (Å²) < 4.78 is 15.8. The van der Waals surface area contributed by atoms with Crippen LogP contribution < -0.4 is 14.2 Å². The molecule has 0 fully saturated rings. The second-order valence-corrected chi connectivity index (χ2v) is 5.55. The highest BCUT2D eigenvalue weighted by Gasteiger charge is 2.13. The zero-order valence-electron chi connectivity index (χ0n) is 12.8. The molecule has 23 heavy (non-hydrogen) atoms. The number of esters is 1. The lowest BCUT2D eigenvalue weighted by atomic mass is 10.1. The summed E-state index contributed by atoms with van der Waals surface area (Å²) in [6, 6.07) is 10.2. The minimum Gasteiger partial charge on any atom is -0.493 e. The van der Waals surface area contributed by atoms with Crippen LogP contribution in [-0.4, -0.2) is 20.2 Å². The Morgan fingerprint density at radius 1 is 1.04 bits per heavy atom. The molecule has 6 heteroatoms. The molecule has 0 amide bonds. The third-order valence-electron chi connectivity index (χ3n) is 3.20. The van der Waals surface area contributed by atoms with E-state index in [1.807, 2.05) is 12.1 Å². The van der Waals surface area contributed by atoms with Gasteiger partial charge >= 0.3 is 5.97 Å². The first-order valence-electron chi connectivity index (χ1n) is 6.90. The van der Waals surface area contributed by atoms with Crippen LogP contribution >= 0.6 is 23.2 Å². The normalized spacial score (nSPS) is 10.3. The van der Waals surface area contributed by atoms with Crippen molar-refractivity contribution in [2.45, 2.75) is 12.8 Å². The van der Waals surface area contributed by atoms with Crippen molar-refractivity contribution in [1.29, 1.82) is 0 Å². The van der Waals surface area contributed by atoms with Gasteiger partial charge in [0.1, 0.15) is 5.75 Å². The van der Waals surface area contributed by atoms with Crippen LogP contribution in [0.15, 0.2) is 36.4 Å². The van der Waals surface area contributed by atoms with Crippen molar-refractivity contribution < 1.29 is 19.0 Å². The van der Waals surface area contributed by atoms with E-state index < -0.39 is 0 Å². The van der Waals surface area contributed by atoms with Gasteiger partial charge in [0.15, 0.2) is 11.5 Å². The van der Waals surface area contributed by atoms with Crippen molar-refractivity contribution in [2.75, 3.05) is 14.2 Å². The highest BCUT2D eigenvalue weighted by Crippen LogP contribution is 2.32. The number of methoxy groups -OCH3 is 2. The Hall–Kier alpha value is -1.91. The summed E-state index contributed by atoms with van der Waals surface area (Å²) in [6.07, 6.45) is 0.646. The Kier molecular flexibility index (Phi) is 6.13. The van der Waals surface area contributed by atoms with E-state index >= 15 is 0 Å². The molecule has 0 bridgehead atoms. The van der Waals surface area contributed by atoms with E-state index in [1.165, 1.54) is 6.07 Å². The highest BCUT2D eigenvalue weighted by atomic mass is 35.5. The molecule has 0 spiro atoms. The summed E-state index contributed by atoms with van der Waals surface area (Å²) in [4.78, 5) is 12.0. The average Bonchev–Trinajstić information content (AvgIpc) is 2.55. The minimum absolute atomic E-state index is 0.183. The predicted octanol–water partition coefficient (Wildman–Crippen LogP) is 4.55. The van der Waals surface area contributed by atoms with Crippen molar-refractivity contribution in [3.8, 4) is 17.2 Å². The molecule has 0 atom stereocenters. The van der Waals surface area contributed by atoms with Gasteiger partial charge in [-0.05, 0) is 36.2 Å². The number of hydrogen-bond acceptors (Lipinski definition) is 4. The van der Waals surface area contributed by atoms with Gasteiger partial charge in [-0.1, -0.05) is 35.3 Å². The van der Waals surface area contributed by atoms with Crippen molar-refractivity contribution in [3.63, 3.8) is 0 Å². The lowest BCUT2D eigenvalue weighted by Crippen LogP contribution is -2.10. The van der Waals surface area contributed by atoms with Gasteiger partial charge in [-0.2, -0.15) is 0 Å². The number of para-hydroxylation sites is 1. The van der Waals surface area contributed by atoms with Gasteiger partial charge in [-0.3, -0.25) is 4.79 Å². The van der Waals surface area contributed by atoms with Gasteiger partial charge in [0.2, 0.25) is 0 Å². The van der Waals surface area contributed by atoms with Crippen molar-refractivity contribution in [2.24, 2.45) is 0 Å². The van der Waals surface area contributed by atoms with E-state index in [0.29, 0.717) is 33.7 Å². The monoisotopic (exact) mass is 354 g/mol. The van der Waals surface area contributed by atoms with Crippen LogP contribution in [0.2, 0.25) is 10.0 Å². The number of halogens is 2. The number of hydrogen-bond donors (Lipinski definition) is 0. The van der Waals surface area contributed by atoms with E-state index in [1.54, 1.807) is 32.4 Å². The molecule has 2 aromatic carbocycles. The minimum atomic E-state index is -0.390. The quantitative estimate of drug-likeness (QED) is 0.563. The summed E-state index contributed by atoms with van der Waals surface area (Å²) >= 11 is 11.8. The van der Waals surface area contributed by atoms with Crippen molar-refractivity contribution in [1.82, 2.24) is 0 Å². The molecule has 0 aliphatic heterocycles. The Morgan fingerprint density at radius 3 is 2.48 bits per heavy atom. The zero-order valence-corrected chi connectivity index (χ0v) is 14.3. The van der Waals surface area contributed by atoms with Crippen LogP contribution in [0.3, 0.4) is 0 Å². The van der Waals surface area contributed by atoms with Gasteiger partial charge < -0.3 is 14.2 Å². The molecule has 0 radical (unpaired) electrons. The number of ether oxygens (including phenoxy) is 3. The second kappa shape index (κ2) is 8.09. The molecule has 0 aromatic heterocycles. The van der Waals surface area contributed by atoms with Crippen molar-refractivity contribution >= 4 is 29.2 Å². The molecule has 122 valence electrons. The Morgan fingerprint density at radius 2 is 1.83 bits per heavy atom. The number of rotatable bonds is 6. The summed E-state index contributed by atoms with van der Waals surface area (Å²) in [7, 11) is 3.13. The van der Waals surface area contributed by atoms with Gasteiger partial charge in [0.05, 0.1) is 25.7 Å². The van der Waals surface area contributed by atoms with Crippen LogP contribution in [-0.2, 0) is 11.2 Å². The predicted molar refractivity (Wildman–Crippen MR) is 90.0 cm³/mol. The third kappa shape index (κ3) is 4.53. The fourth-order valence-electron chi connectivity index (χ4n) is 2.12. The first-order chi connectivity index (χ1) is 11.0. The van der Waals surface area contributed by atoms with E-state index in [2.05, 4.69) is 0 Å². The van der Waals surface area contributed by atoms with E-state index in [9.17, 15) is 4.79 Å². The first-order valence-corrected chi connectivity index (χ1v) is 7.66. The maximum atomic E-state index is 12.0. The van der Waals surface area contributed by atoms with Crippen LogP contribution in [0.5, 0.6) is 17.2 Å². The number of carbonyl (C=O) groups excluding carboxylic acids is 1. The molecule has 0 heterocycles. The van der Waals surface area contributed by atoms with Gasteiger partial charge in [0.25, 0.3) is 0 Å². The van der Waals surface area contributed by atoms with E-state index in [0.717, 1.165) is 5.56 Å². The molecular formula is C17H16Cl2O4. The van der Waals surface area contributed by atoms with E-state index in [4.69, 9.17) is 37.4 Å². The fraction of sp³-hybridized carbons (Fsp3) is 0.235. The Labute approximate surface area is 144 Å². The lowest BCUT2D eigenvalue weighted by molar-refractivity contribution is -0.134. The summed E-state index contributed by atoms with van der Waals surface area (Å²) in [5.41, 5.74) is 0.867. The second-order valence-electron chi connectivity index (χ2n) is 4.70. The molecule has 0 aliphatic carbocycles. The van der Waals surface area contributed by atoms with Gasteiger partial charge in [0, 0.05) is 5.02 Å². The first kappa shape index (κ1) is 17.4. The molecule has 4 nitrogen and oxygen atoms in total. The average molecular weight is 355 g/mol. The summed E-state index contributed by atoms with van der Waals surface area (Å²) in [5, 5.41) is 0.778. The summed E-state index contributed by atoms with van der Waals surface area (Å²) in [5.74, 6) is 1.14. The van der Waals surface area contributed by atoms with Gasteiger partial charge in [-0.25, -0.2) is 0 Å². The maximum Gasteiger partial charge on any atom is 0.311 e. The van der Waals surface area contributed by atoms with Crippen molar-refractivity contribution in [3.05, 3.63) is 52.0 Å². The van der Waals surface area contributed by atoms with Crippen LogP contribution in [0.1, 0.15) is 12.0 Å². The SMILES string of the molecule is COc1cccc(CCC(=O)Oc2ccc(Cl)cc2Cl)c1OC. The number of carbonyl (C=O) groups is 1. The molecule has 2 aromatic rings. The van der Waals surface area contributed by atoms with Crippen LogP contribution in [0.25, 0.3) is 0 Å². The molecule has 2 rings (SSSR count). The third-order valence-corrected chi connectivity index (χ3v) is 3.73. The Balaban J connectivity index is 2.02. The molecule has 0 aliphatic rings.